The van der Waals surface area contributed by atoms with E-state index in [9.17, 15) is 9.90 Å². The summed E-state index contributed by atoms with van der Waals surface area (Å²) in [5.41, 5.74) is 0.695. The third kappa shape index (κ3) is 3.44. The number of carbonyl (C=O) groups excluding carboxylic acids is 1. The van der Waals surface area contributed by atoms with E-state index in [4.69, 9.17) is 9.47 Å². The Kier molecular flexibility index (Phi) is 4.58. The summed E-state index contributed by atoms with van der Waals surface area (Å²) >= 11 is 0. The lowest BCUT2D eigenvalue weighted by Crippen LogP contribution is -2.11. The Bertz CT molecular complexity index is 709. The van der Waals surface area contributed by atoms with Crippen LogP contribution in [0.25, 0.3) is 0 Å². The zero-order chi connectivity index (χ0) is 17.2. The second kappa shape index (κ2) is 6.65. The maximum Gasteiger partial charge on any atom is 0.310 e. The van der Waals surface area contributed by atoms with Crippen LogP contribution in [0.5, 0.6) is 11.5 Å². The average Bonchev–Trinajstić information content (AvgIpc) is 3.15. The lowest BCUT2D eigenvalue weighted by Gasteiger charge is -2.09. The Morgan fingerprint density at radius 2 is 1.79 bits per heavy atom. The fourth-order valence-corrected chi connectivity index (χ4v) is 3.12. The molecule has 1 aliphatic carbocycles. The van der Waals surface area contributed by atoms with Crippen LogP contribution in [0, 0.1) is 17.3 Å². The zero-order valence-corrected chi connectivity index (χ0v) is 13.9. The number of benzene rings is 2. The van der Waals surface area contributed by atoms with Gasteiger partial charge in [0, 0.05) is 12.5 Å². The molecule has 2 atom stereocenters. The molecule has 1 aliphatic rings. The van der Waals surface area contributed by atoms with E-state index in [1.165, 1.54) is 0 Å². The van der Waals surface area contributed by atoms with Gasteiger partial charge in [0.1, 0.15) is 18.1 Å². The van der Waals surface area contributed by atoms with Crippen molar-refractivity contribution in [2.45, 2.75) is 20.5 Å². The number of ether oxygens (including phenoxy) is 2. The highest BCUT2D eigenvalue weighted by Gasteiger charge is 2.62. The van der Waals surface area contributed by atoms with E-state index in [1.807, 2.05) is 68.4 Å². The monoisotopic (exact) mass is 326 g/mol. The van der Waals surface area contributed by atoms with Gasteiger partial charge in [0.05, 0.1) is 5.92 Å². The van der Waals surface area contributed by atoms with Crippen LogP contribution in [0.3, 0.4) is 0 Å². The minimum atomic E-state index is -0.242. The number of hydrogen-bond donors (Lipinski definition) is 1. The van der Waals surface area contributed by atoms with Gasteiger partial charge in [-0.2, -0.15) is 0 Å². The molecule has 2 aromatic carbocycles. The summed E-state index contributed by atoms with van der Waals surface area (Å²) in [6.45, 7) is 4.19. The van der Waals surface area contributed by atoms with E-state index in [2.05, 4.69) is 0 Å². The third-order valence-corrected chi connectivity index (χ3v) is 4.76. The van der Waals surface area contributed by atoms with Crippen molar-refractivity contribution in [2.75, 3.05) is 6.61 Å². The van der Waals surface area contributed by atoms with Crippen molar-refractivity contribution in [1.82, 2.24) is 0 Å². The number of aliphatic hydroxyl groups excluding tert-OH is 1. The van der Waals surface area contributed by atoms with Crippen molar-refractivity contribution in [3.8, 4) is 11.5 Å². The highest BCUT2D eigenvalue weighted by molar-refractivity contribution is 5.77. The van der Waals surface area contributed by atoms with E-state index in [0.29, 0.717) is 5.75 Å². The topological polar surface area (TPSA) is 55.8 Å². The SMILES string of the molecule is CC1(C)C(CO)C1C(=O)OCc1cccc(Oc2ccccc2)c1. The van der Waals surface area contributed by atoms with E-state index in [1.54, 1.807) is 0 Å². The molecule has 1 fully saturated rings. The van der Waals surface area contributed by atoms with Gasteiger partial charge in [0.2, 0.25) is 0 Å². The first-order valence-corrected chi connectivity index (χ1v) is 8.11. The van der Waals surface area contributed by atoms with Crippen molar-refractivity contribution in [1.29, 1.82) is 0 Å². The summed E-state index contributed by atoms with van der Waals surface area (Å²) in [5.74, 6) is 1.00. The first-order chi connectivity index (χ1) is 11.5. The summed E-state index contributed by atoms with van der Waals surface area (Å²) in [6.07, 6.45) is 0. The summed E-state index contributed by atoms with van der Waals surface area (Å²) in [5, 5.41) is 9.30. The second-order valence-corrected chi connectivity index (χ2v) is 6.76. The van der Waals surface area contributed by atoms with Crippen molar-refractivity contribution in [2.24, 2.45) is 17.3 Å². The molecule has 4 nitrogen and oxygen atoms in total. The zero-order valence-electron chi connectivity index (χ0n) is 13.9. The van der Waals surface area contributed by atoms with Crippen molar-refractivity contribution in [3.63, 3.8) is 0 Å². The molecule has 1 N–H and O–H groups in total. The number of para-hydroxylation sites is 1. The molecule has 3 rings (SSSR count). The van der Waals surface area contributed by atoms with Gasteiger partial charge in [-0.05, 0) is 35.2 Å². The molecule has 126 valence electrons. The van der Waals surface area contributed by atoms with Crippen LogP contribution in [0.4, 0.5) is 0 Å². The number of aliphatic hydroxyl groups is 1. The predicted octanol–water partition coefficient (Wildman–Crippen LogP) is 3.79. The Balaban J connectivity index is 1.58. The number of rotatable bonds is 6. The van der Waals surface area contributed by atoms with Crippen LogP contribution in [0.1, 0.15) is 19.4 Å². The molecule has 1 saturated carbocycles. The molecular formula is C20H22O4. The van der Waals surface area contributed by atoms with Crippen LogP contribution in [0.2, 0.25) is 0 Å². The minimum absolute atomic E-state index is 0.00208. The number of esters is 1. The maximum atomic E-state index is 12.2. The standard InChI is InChI=1S/C20H22O4/c1-20(2)17(12-21)18(20)19(22)23-13-14-7-6-10-16(11-14)24-15-8-4-3-5-9-15/h3-11,17-18,21H,12-13H2,1-2H3. The molecular weight excluding hydrogens is 304 g/mol. The summed E-state index contributed by atoms with van der Waals surface area (Å²) in [4.78, 5) is 12.2. The summed E-state index contributed by atoms with van der Waals surface area (Å²) in [7, 11) is 0. The molecule has 4 heteroatoms. The first-order valence-electron chi connectivity index (χ1n) is 8.11. The van der Waals surface area contributed by atoms with E-state index >= 15 is 0 Å². The maximum absolute atomic E-state index is 12.2. The average molecular weight is 326 g/mol. The van der Waals surface area contributed by atoms with E-state index in [-0.39, 0.29) is 36.4 Å². The van der Waals surface area contributed by atoms with Gasteiger partial charge >= 0.3 is 5.97 Å². The Morgan fingerprint density at radius 1 is 1.08 bits per heavy atom. The Hall–Kier alpha value is -2.33. The van der Waals surface area contributed by atoms with Gasteiger partial charge in [-0.1, -0.05) is 44.2 Å². The molecule has 0 radical (unpaired) electrons. The van der Waals surface area contributed by atoms with Gasteiger partial charge in [-0.25, -0.2) is 0 Å². The van der Waals surface area contributed by atoms with E-state index in [0.717, 1.165) is 11.3 Å². The molecule has 0 aliphatic heterocycles. The number of carbonyl (C=O) groups is 1. The van der Waals surface area contributed by atoms with Gasteiger partial charge in [-0.3, -0.25) is 4.79 Å². The fourth-order valence-electron chi connectivity index (χ4n) is 3.12. The van der Waals surface area contributed by atoms with Crippen LogP contribution in [0.15, 0.2) is 54.6 Å². The van der Waals surface area contributed by atoms with Gasteiger partial charge in [0.25, 0.3) is 0 Å². The highest BCUT2D eigenvalue weighted by Crippen LogP contribution is 2.58. The highest BCUT2D eigenvalue weighted by atomic mass is 16.5. The molecule has 0 spiro atoms. The van der Waals surface area contributed by atoms with Crippen LogP contribution < -0.4 is 4.74 Å². The summed E-state index contributed by atoms with van der Waals surface area (Å²) in [6, 6.07) is 17.0. The van der Waals surface area contributed by atoms with E-state index < -0.39 is 0 Å². The van der Waals surface area contributed by atoms with Gasteiger partial charge < -0.3 is 14.6 Å². The quantitative estimate of drug-likeness (QED) is 0.821. The Morgan fingerprint density at radius 3 is 2.46 bits per heavy atom. The van der Waals surface area contributed by atoms with Crippen LogP contribution >= 0.6 is 0 Å². The van der Waals surface area contributed by atoms with Gasteiger partial charge in [-0.15, -0.1) is 0 Å². The first kappa shape index (κ1) is 16.5. The molecule has 24 heavy (non-hydrogen) atoms. The lowest BCUT2D eigenvalue weighted by atomic mass is 10.1. The molecule has 0 heterocycles. The second-order valence-electron chi connectivity index (χ2n) is 6.76. The molecule has 0 aromatic heterocycles. The molecule has 0 saturated heterocycles. The molecule has 0 amide bonds. The van der Waals surface area contributed by atoms with Crippen LogP contribution in [-0.2, 0) is 16.1 Å². The predicted molar refractivity (Wildman–Crippen MR) is 90.6 cm³/mol. The van der Waals surface area contributed by atoms with Crippen molar-refractivity contribution in [3.05, 3.63) is 60.2 Å². The largest absolute Gasteiger partial charge is 0.461 e. The smallest absolute Gasteiger partial charge is 0.310 e. The normalized spacial score (nSPS) is 21.1. The minimum Gasteiger partial charge on any atom is -0.461 e. The van der Waals surface area contributed by atoms with Crippen molar-refractivity contribution >= 4 is 5.97 Å². The molecule has 0 bridgehead atoms. The Labute approximate surface area is 142 Å². The summed E-state index contributed by atoms with van der Waals surface area (Å²) < 4.78 is 11.2. The lowest BCUT2D eigenvalue weighted by molar-refractivity contribution is -0.147. The molecule has 2 aromatic rings. The fraction of sp³-hybridized carbons (Fsp3) is 0.350. The third-order valence-electron chi connectivity index (χ3n) is 4.76. The molecule has 2 unspecified atom stereocenters. The van der Waals surface area contributed by atoms with Crippen molar-refractivity contribution < 1.29 is 19.4 Å². The van der Waals surface area contributed by atoms with Gasteiger partial charge in [0.15, 0.2) is 0 Å². The number of hydrogen-bond acceptors (Lipinski definition) is 4. The van der Waals surface area contributed by atoms with Crippen LogP contribution in [-0.4, -0.2) is 17.7 Å².